The number of carbonyl (C=O) groups excluding carboxylic acids is 1. The van der Waals surface area contributed by atoms with Crippen LogP contribution in [0.2, 0.25) is 0 Å². The summed E-state index contributed by atoms with van der Waals surface area (Å²) in [7, 11) is 0. The third-order valence-electron chi connectivity index (χ3n) is 4.79. The molecule has 1 saturated heterocycles. The van der Waals surface area contributed by atoms with E-state index in [1.807, 2.05) is 0 Å². The molecule has 1 aliphatic heterocycles. The maximum Gasteiger partial charge on any atom is 0.314 e. The van der Waals surface area contributed by atoms with Gasteiger partial charge < -0.3 is 21.1 Å². The van der Waals surface area contributed by atoms with Gasteiger partial charge in [-0.25, -0.2) is 4.79 Å². The summed E-state index contributed by atoms with van der Waals surface area (Å²) in [5, 5.41) is 12.6. The van der Waals surface area contributed by atoms with Gasteiger partial charge in [0.1, 0.15) is 0 Å². The second-order valence-corrected chi connectivity index (χ2v) is 6.47. The Balaban J connectivity index is 1.80. The lowest BCUT2D eigenvalue weighted by Crippen LogP contribution is -2.53. The Morgan fingerprint density at radius 2 is 2.00 bits per heavy atom. The van der Waals surface area contributed by atoms with E-state index in [9.17, 15) is 4.79 Å². The molecule has 0 aromatic carbocycles. The number of aliphatic hydroxyl groups is 1. The first kappa shape index (κ1) is 15.6. The van der Waals surface area contributed by atoms with Crippen molar-refractivity contribution in [2.45, 2.75) is 51.0 Å². The molecule has 5 heteroatoms. The Bertz CT molecular complexity index is 305. The highest BCUT2D eigenvalue weighted by Crippen LogP contribution is 2.25. The molecule has 2 amide bonds. The van der Waals surface area contributed by atoms with E-state index >= 15 is 0 Å². The maximum absolute atomic E-state index is 11.5. The van der Waals surface area contributed by atoms with Crippen LogP contribution in [0.25, 0.3) is 0 Å². The number of amides is 2. The van der Waals surface area contributed by atoms with Crippen molar-refractivity contribution in [2.24, 2.45) is 17.6 Å². The second kappa shape index (κ2) is 7.84. The van der Waals surface area contributed by atoms with Crippen LogP contribution in [-0.4, -0.2) is 48.3 Å². The number of urea groups is 1. The molecule has 116 valence electrons. The van der Waals surface area contributed by atoms with E-state index in [-0.39, 0.29) is 12.6 Å². The van der Waals surface area contributed by atoms with Crippen molar-refractivity contribution in [1.29, 1.82) is 0 Å². The Hall–Kier alpha value is -0.810. The minimum Gasteiger partial charge on any atom is -0.396 e. The normalized spacial score (nSPS) is 27.9. The first-order valence-electron chi connectivity index (χ1n) is 8.07. The Morgan fingerprint density at radius 1 is 1.25 bits per heavy atom. The van der Waals surface area contributed by atoms with Crippen molar-refractivity contribution in [1.82, 2.24) is 10.2 Å². The third-order valence-corrected chi connectivity index (χ3v) is 4.79. The van der Waals surface area contributed by atoms with Gasteiger partial charge in [0, 0.05) is 25.7 Å². The van der Waals surface area contributed by atoms with Crippen molar-refractivity contribution in [3.63, 3.8) is 0 Å². The average Bonchev–Trinajstić information content (AvgIpc) is 2.96. The molecule has 1 saturated carbocycles. The number of carbonyl (C=O) groups is 1. The van der Waals surface area contributed by atoms with Crippen LogP contribution in [0.15, 0.2) is 0 Å². The molecule has 2 unspecified atom stereocenters. The molecular weight excluding hydrogens is 254 g/mol. The lowest BCUT2D eigenvalue weighted by molar-refractivity contribution is 0.142. The molecule has 0 spiro atoms. The van der Waals surface area contributed by atoms with Gasteiger partial charge in [0.25, 0.3) is 0 Å². The smallest absolute Gasteiger partial charge is 0.314 e. The first-order valence-corrected chi connectivity index (χ1v) is 8.07. The van der Waals surface area contributed by atoms with E-state index in [0.29, 0.717) is 12.0 Å². The summed E-state index contributed by atoms with van der Waals surface area (Å²) in [6, 6.07) is 0.0481. The largest absolute Gasteiger partial charge is 0.396 e. The third kappa shape index (κ3) is 4.63. The van der Waals surface area contributed by atoms with Gasteiger partial charge in [0.2, 0.25) is 0 Å². The van der Waals surface area contributed by atoms with E-state index in [2.05, 4.69) is 5.32 Å². The van der Waals surface area contributed by atoms with Gasteiger partial charge in [0.15, 0.2) is 0 Å². The molecule has 0 aromatic heterocycles. The highest BCUT2D eigenvalue weighted by Gasteiger charge is 2.29. The summed E-state index contributed by atoms with van der Waals surface area (Å²) in [6.07, 6.45) is 8.29. The van der Waals surface area contributed by atoms with Crippen molar-refractivity contribution in [3.05, 3.63) is 0 Å². The molecule has 5 nitrogen and oxygen atoms in total. The number of rotatable bonds is 6. The van der Waals surface area contributed by atoms with E-state index in [1.165, 1.54) is 25.7 Å². The molecule has 4 N–H and O–H groups in total. The number of primary amides is 1. The summed E-state index contributed by atoms with van der Waals surface area (Å²) in [4.78, 5) is 13.2. The topological polar surface area (TPSA) is 78.6 Å². The van der Waals surface area contributed by atoms with E-state index in [0.717, 1.165) is 44.8 Å². The van der Waals surface area contributed by atoms with Crippen molar-refractivity contribution in [2.75, 3.05) is 26.2 Å². The molecule has 0 bridgehead atoms. The number of nitrogens with one attached hydrogen (secondary N) is 1. The van der Waals surface area contributed by atoms with Crippen LogP contribution in [0, 0.1) is 11.8 Å². The molecule has 1 aliphatic carbocycles. The van der Waals surface area contributed by atoms with Gasteiger partial charge in [-0.2, -0.15) is 0 Å². The van der Waals surface area contributed by atoms with E-state index in [4.69, 9.17) is 10.8 Å². The monoisotopic (exact) mass is 283 g/mol. The molecule has 20 heavy (non-hydrogen) atoms. The minimum atomic E-state index is -0.314. The highest BCUT2D eigenvalue weighted by molar-refractivity contribution is 5.72. The van der Waals surface area contributed by atoms with Crippen molar-refractivity contribution in [3.8, 4) is 0 Å². The lowest BCUT2D eigenvalue weighted by atomic mass is 9.90. The zero-order chi connectivity index (χ0) is 14.4. The molecule has 0 radical (unpaired) electrons. The van der Waals surface area contributed by atoms with Gasteiger partial charge >= 0.3 is 6.03 Å². The van der Waals surface area contributed by atoms with Crippen LogP contribution in [0.1, 0.15) is 44.9 Å². The number of likely N-dealkylation sites (tertiary alicyclic amines) is 1. The lowest BCUT2D eigenvalue weighted by Gasteiger charge is -2.38. The number of hydrogen-bond acceptors (Lipinski definition) is 3. The number of hydrogen-bond donors (Lipinski definition) is 3. The quantitative estimate of drug-likeness (QED) is 0.687. The van der Waals surface area contributed by atoms with Crippen molar-refractivity contribution < 1.29 is 9.90 Å². The van der Waals surface area contributed by atoms with Crippen molar-refractivity contribution >= 4 is 6.03 Å². The fourth-order valence-corrected chi connectivity index (χ4v) is 3.67. The van der Waals surface area contributed by atoms with Gasteiger partial charge in [-0.3, -0.25) is 0 Å². The number of nitrogens with two attached hydrogens (primary N) is 1. The molecule has 1 heterocycles. The van der Waals surface area contributed by atoms with Crippen LogP contribution in [-0.2, 0) is 0 Å². The summed E-state index contributed by atoms with van der Waals surface area (Å²) in [5.74, 6) is 1.28. The number of nitrogens with zero attached hydrogens (tertiary/aromatic N) is 1. The number of piperidine rings is 1. The molecule has 2 rings (SSSR count). The maximum atomic E-state index is 11.5. The molecule has 0 aromatic rings. The SMILES string of the molecule is NC(=O)N1CC(CCCO)CC(NCC2CCCC2)C1. The van der Waals surface area contributed by atoms with Crippen LogP contribution >= 0.6 is 0 Å². The molecule has 2 aliphatic rings. The second-order valence-electron chi connectivity index (χ2n) is 6.47. The number of aliphatic hydroxyl groups excluding tert-OH is 1. The summed E-state index contributed by atoms with van der Waals surface area (Å²) < 4.78 is 0. The van der Waals surface area contributed by atoms with Crippen LogP contribution in [0.5, 0.6) is 0 Å². The zero-order valence-corrected chi connectivity index (χ0v) is 12.4. The van der Waals surface area contributed by atoms with Gasteiger partial charge in [-0.15, -0.1) is 0 Å². The molecule has 2 fully saturated rings. The van der Waals surface area contributed by atoms with Gasteiger partial charge in [-0.05, 0) is 50.5 Å². The fourth-order valence-electron chi connectivity index (χ4n) is 3.67. The van der Waals surface area contributed by atoms with E-state index in [1.54, 1.807) is 4.90 Å². The van der Waals surface area contributed by atoms with Gasteiger partial charge in [0.05, 0.1) is 0 Å². The predicted molar refractivity (Wildman–Crippen MR) is 79.3 cm³/mol. The molecular formula is C15H29N3O2. The summed E-state index contributed by atoms with van der Waals surface area (Å²) >= 11 is 0. The first-order chi connectivity index (χ1) is 9.69. The molecule has 2 atom stereocenters. The van der Waals surface area contributed by atoms with Crippen LogP contribution in [0.3, 0.4) is 0 Å². The summed E-state index contributed by atoms with van der Waals surface area (Å²) in [6.45, 7) is 2.78. The Morgan fingerprint density at radius 3 is 2.65 bits per heavy atom. The van der Waals surface area contributed by atoms with Gasteiger partial charge in [-0.1, -0.05) is 12.8 Å². The Labute approximate surface area is 121 Å². The summed E-state index contributed by atoms with van der Waals surface area (Å²) in [5.41, 5.74) is 5.45. The standard InChI is InChI=1S/C15H29N3O2/c16-15(20)18-10-13(6-3-7-19)8-14(11-18)17-9-12-4-1-2-5-12/h12-14,17,19H,1-11H2,(H2,16,20). The highest BCUT2D eigenvalue weighted by atomic mass is 16.3. The van der Waals surface area contributed by atoms with E-state index < -0.39 is 0 Å². The van der Waals surface area contributed by atoms with Crippen LogP contribution < -0.4 is 11.1 Å². The average molecular weight is 283 g/mol. The Kier molecular flexibility index (Phi) is 6.10. The minimum absolute atomic E-state index is 0.229. The predicted octanol–water partition coefficient (Wildman–Crippen LogP) is 1.31. The van der Waals surface area contributed by atoms with Crippen LogP contribution in [0.4, 0.5) is 4.79 Å². The fraction of sp³-hybridized carbons (Fsp3) is 0.933. The zero-order valence-electron chi connectivity index (χ0n) is 12.4.